The molecule has 3 rings (SSSR count). The van der Waals surface area contributed by atoms with Gasteiger partial charge in [0.05, 0.1) is 7.11 Å². The summed E-state index contributed by atoms with van der Waals surface area (Å²) in [5.41, 5.74) is 1.47. The van der Waals surface area contributed by atoms with Gasteiger partial charge in [-0.3, -0.25) is 4.99 Å². The molecule has 0 unspecified atom stereocenters. The van der Waals surface area contributed by atoms with Gasteiger partial charge < -0.3 is 14.8 Å². The number of hydrogen-bond acceptors (Lipinski definition) is 4. The fourth-order valence-electron chi connectivity index (χ4n) is 2.43. The number of ether oxygens (including phenoxy) is 2. The summed E-state index contributed by atoms with van der Waals surface area (Å²) in [5, 5.41) is 3.28. The molecule has 23 heavy (non-hydrogen) atoms. The molecule has 1 aliphatic heterocycles. The number of hydrogen-bond donors (Lipinski definition) is 1. The van der Waals surface area contributed by atoms with E-state index in [1.165, 1.54) is 6.07 Å². The van der Waals surface area contributed by atoms with E-state index in [1.807, 2.05) is 18.2 Å². The fourth-order valence-corrected chi connectivity index (χ4v) is 2.43. The summed E-state index contributed by atoms with van der Waals surface area (Å²) in [6, 6.07) is 12.2. The van der Waals surface area contributed by atoms with Gasteiger partial charge in [-0.1, -0.05) is 18.2 Å². The van der Waals surface area contributed by atoms with Crippen LogP contribution in [-0.2, 0) is 6.61 Å². The number of nitrogens with zero attached hydrogens (tertiary/aromatic N) is 1. The van der Waals surface area contributed by atoms with Crippen molar-refractivity contribution < 1.29 is 13.9 Å². The van der Waals surface area contributed by atoms with Crippen molar-refractivity contribution in [2.45, 2.75) is 13.0 Å². The molecule has 0 saturated carbocycles. The predicted octanol–water partition coefficient (Wildman–Crippen LogP) is 3.15. The van der Waals surface area contributed by atoms with Crippen LogP contribution in [0.15, 0.2) is 47.5 Å². The molecule has 5 heteroatoms. The molecular weight excluding hydrogens is 295 g/mol. The Bertz CT molecular complexity index is 716. The van der Waals surface area contributed by atoms with Crippen molar-refractivity contribution >= 4 is 5.84 Å². The summed E-state index contributed by atoms with van der Waals surface area (Å²) < 4.78 is 24.8. The van der Waals surface area contributed by atoms with Crippen molar-refractivity contribution in [3.8, 4) is 11.5 Å². The first kappa shape index (κ1) is 15.3. The molecule has 1 N–H and O–H groups in total. The molecule has 0 fully saturated rings. The van der Waals surface area contributed by atoms with Crippen LogP contribution in [0.5, 0.6) is 11.5 Å². The predicted molar refractivity (Wildman–Crippen MR) is 87.7 cm³/mol. The lowest BCUT2D eigenvalue weighted by Gasteiger charge is -2.17. The van der Waals surface area contributed by atoms with Gasteiger partial charge in [0.2, 0.25) is 0 Å². The van der Waals surface area contributed by atoms with Gasteiger partial charge in [-0.25, -0.2) is 4.39 Å². The SMILES string of the molecule is COc1cc(C2=NCCCN2)ccc1OCc1ccccc1F. The van der Waals surface area contributed by atoms with E-state index in [-0.39, 0.29) is 12.4 Å². The Kier molecular flexibility index (Phi) is 4.76. The third-order valence-electron chi connectivity index (χ3n) is 3.68. The maximum Gasteiger partial charge on any atom is 0.161 e. The highest BCUT2D eigenvalue weighted by Gasteiger charge is 2.12. The first-order valence-electron chi connectivity index (χ1n) is 7.61. The second-order valence-corrected chi connectivity index (χ2v) is 5.26. The average Bonchev–Trinajstić information content (AvgIpc) is 2.61. The number of benzene rings is 2. The molecule has 1 heterocycles. The van der Waals surface area contributed by atoms with Gasteiger partial charge in [-0.2, -0.15) is 0 Å². The Labute approximate surface area is 135 Å². The molecule has 1 aliphatic rings. The van der Waals surface area contributed by atoms with Crippen molar-refractivity contribution in [3.05, 3.63) is 59.4 Å². The minimum absolute atomic E-state index is 0.154. The summed E-state index contributed by atoms with van der Waals surface area (Å²) in [4.78, 5) is 4.47. The molecule has 4 nitrogen and oxygen atoms in total. The normalized spacial score (nSPS) is 13.9. The van der Waals surface area contributed by atoms with Crippen molar-refractivity contribution in [1.82, 2.24) is 5.32 Å². The standard InChI is InChI=1S/C18H19FN2O2/c1-22-17-11-13(18-20-9-4-10-21-18)7-8-16(17)23-12-14-5-2-3-6-15(14)19/h2-3,5-8,11H,4,9-10,12H2,1H3,(H,20,21). The van der Waals surface area contributed by atoms with E-state index < -0.39 is 0 Å². The van der Waals surface area contributed by atoms with E-state index in [9.17, 15) is 4.39 Å². The molecule has 2 aromatic carbocycles. The smallest absolute Gasteiger partial charge is 0.161 e. The molecule has 120 valence electrons. The second-order valence-electron chi connectivity index (χ2n) is 5.26. The zero-order valence-electron chi connectivity index (χ0n) is 13.0. The monoisotopic (exact) mass is 314 g/mol. The Morgan fingerprint density at radius 2 is 2.04 bits per heavy atom. The largest absolute Gasteiger partial charge is 0.493 e. The van der Waals surface area contributed by atoms with Crippen LogP contribution in [0.4, 0.5) is 4.39 Å². The molecule has 0 aliphatic carbocycles. The van der Waals surface area contributed by atoms with Gasteiger partial charge in [0.25, 0.3) is 0 Å². The van der Waals surface area contributed by atoms with Crippen molar-refractivity contribution in [1.29, 1.82) is 0 Å². The number of halogens is 1. The fraction of sp³-hybridized carbons (Fsp3) is 0.278. The van der Waals surface area contributed by atoms with Crippen molar-refractivity contribution in [2.24, 2.45) is 4.99 Å². The van der Waals surface area contributed by atoms with Crippen LogP contribution in [0.3, 0.4) is 0 Å². The molecule has 0 radical (unpaired) electrons. The van der Waals surface area contributed by atoms with Crippen LogP contribution in [0.2, 0.25) is 0 Å². The Morgan fingerprint density at radius 3 is 2.78 bits per heavy atom. The lowest BCUT2D eigenvalue weighted by atomic mass is 10.1. The Morgan fingerprint density at radius 1 is 1.17 bits per heavy atom. The highest BCUT2D eigenvalue weighted by atomic mass is 19.1. The highest BCUT2D eigenvalue weighted by molar-refractivity contribution is 5.99. The number of methoxy groups -OCH3 is 1. The molecule has 0 saturated heterocycles. The Balaban J connectivity index is 1.77. The number of amidine groups is 1. The van der Waals surface area contributed by atoms with Gasteiger partial charge in [0.1, 0.15) is 18.3 Å². The second kappa shape index (κ2) is 7.13. The zero-order chi connectivity index (χ0) is 16.1. The number of aliphatic imine (C=N–C) groups is 1. The summed E-state index contributed by atoms with van der Waals surface area (Å²) in [7, 11) is 1.59. The third kappa shape index (κ3) is 3.62. The zero-order valence-corrected chi connectivity index (χ0v) is 13.0. The van der Waals surface area contributed by atoms with Crippen LogP contribution < -0.4 is 14.8 Å². The molecule has 0 atom stereocenters. The van der Waals surface area contributed by atoms with Gasteiger partial charge in [0, 0.05) is 24.2 Å². The molecule has 0 spiro atoms. The summed E-state index contributed by atoms with van der Waals surface area (Å²) in [6.45, 7) is 1.91. The maximum atomic E-state index is 13.6. The van der Waals surface area contributed by atoms with Crippen LogP contribution in [-0.4, -0.2) is 26.0 Å². The number of rotatable bonds is 5. The van der Waals surface area contributed by atoms with Crippen molar-refractivity contribution in [2.75, 3.05) is 20.2 Å². The van der Waals surface area contributed by atoms with Gasteiger partial charge >= 0.3 is 0 Å². The van der Waals surface area contributed by atoms with E-state index >= 15 is 0 Å². The van der Waals surface area contributed by atoms with E-state index in [0.29, 0.717) is 17.1 Å². The molecule has 2 aromatic rings. The van der Waals surface area contributed by atoms with Crippen LogP contribution >= 0.6 is 0 Å². The molecule has 0 amide bonds. The highest BCUT2D eigenvalue weighted by Crippen LogP contribution is 2.29. The molecular formula is C18H19FN2O2. The van der Waals surface area contributed by atoms with Gasteiger partial charge in [-0.15, -0.1) is 0 Å². The van der Waals surface area contributed by atoms with Crippen LogP contribution in [0.1, 0.15) is 17.5 Å². The van der Waals surface area contributed by atoms with E-state index in [0.717, 1.165) is 30.9 Å². The average molecular weight is 314 g/mol. The lowest BCUT2D eigenvalue weighted by molar-refractivity contribution is 0.279. The Hall–Kier alpha value is -2.56. The number of nitrogens with one attached hydrogen (secondary N) is 1. The van der Waals surface area contributed by atoms with Gasteiger partial charge in [-0.05, 0) is 30.7 Å². The first-order chi connectivity index (χ1) is 11.3. The van der Waals surface area contributed by atoms with E-state index in [4.69, 9.17) is 9.47 Å². The minimum atomic E-state index is -0.274. The van der Waals surface area contributed by atoms with Crippen LogP contribution in [0, 0.1) is 5.82 Å². The van der Waals surface area contributed by atoms with E-state index in [1.54, 1.807) is 25.3 Å². The summed E-state index contributed by atoms with van der Waals surface area (Å²) >= 11 is 0. The van der Waals surface area contributed by atoms with Crippen molar-refractivity contribution in [3.63, 3.8) is 0 Å². The summed E-state index contributed by atoms with van der Waals surface area (Å²) in [5.74, 6) is 1.78. The van der Waals surface area contributed by atoms with Crippen LogP contribution in [0.25, 0.3) is 0 Å². The molecule has 0 aromatic heterocycles. The van der Waals surface area contributed by atoms with E-state index in [2.05, 4.69) is 10.3 Å². The topological polar surface area (TPSA) is 42.8 Å². The van der Waals surface area contributed by atoms with Gasteiger partial charge in [0.15, 0.2) is 11.5 Å². The maximum absolute atomic E-state index is 13.6. The summed E-state index contributed by atoms with van der Waals surface area (Å²) in [6.07, 6.45) is 1.05. The molecule has 0 bridgehead atoms. The quantitative estimate of drug-likeness (QED) is 0.922. The third-order valence-corrected chi connectivity index (χ3v) is 3.68. The lowest BCUT2D eigenvalue weighted by Crippen LogP contribution is -2.30. The first-order valence-corrected chi connectivity index (χ1v) is 7.61. The minimum Gasteiger partial charge on any atom is -0.493 e.